The van der Waals surface area contributed by atoms with Crippen LogP contribution in [0, 0.1) is 11.8 Å². The second-order valence-electron chi connectivity index (χ2n) is 6.68. The third-order valence-corrected chi connectivity index (χ3v) is 4.42. The molecule has 0 fully saturated rings. The van der Waals surface area contributed by atoms with Crippen molar-refractivity contribution < 1.29 is 17.9 Å². The van der Waals surface area contributed by atoms with Gasteiger partial charge in [0.05, 0.1) is 0 Å². The molecule has 0 N–H and O–H groups in total. The average molecular weight is 382 g/mol. The summed E-state index contributed by atoms with van der Waals surface area (Å²) >= 11 is 0. The highest BCUT2D eigenvalue weighted by atomic mass is 19.4. The summed E-state index contributed by atoms with van der Waals surface area (Å²) in [5.74, 6) is 6.03. The van der Waals surface area contributed by atoms with E-state index in [4.69, 9.17) is 0 Å². The molecule has 3 rings (SSSR count). The minimum absolute atomic E-state index is 0.224. The van der Waals surface area contributed by atoms with Crippen LogP contribution in [0.5, 0.6) is 5.75 Å². The first-order chi connectivity index (χ1) is 13.4. The molecule has 3 aromatic carbocycles. The molecule has 0 aliphatic carbocycles. The summed E-state index contributed by atoms with van der Waals surface area (Å²) in [4.78, 5) is 0. The summed E-state index contributed by atoms with van der Waals surface area (Å²) < 4.78 is 40.9. The lowest BCUT2D eigenvalue weighted by Gasteiger charge is -2.09. The maximum atomic E-state index is 12.3. The van der Waals surface area contributed by atoms with Crippen molar-refractivity contribution in [2.75, 3.05) is 0 Å². The van der Waals surface area contributed by atoms with E-state index in [1.165, 1.54) is 37.0 Å². The zero-order valence-electron chi connectivity index (χ0n) is 15.6. The predicted molar refractivity (Wildman–Crippen MR) is 106 cm³/mol. The minimum atomic E-state index is -4.69. The van der Waals surface area contributed by atoms with Crippen LogP contribution in [0.1, 0.15) is 42.9 Å². The number of unbranched alkanes of at least 4 members (excludes halogenated alkanes) is 2. The van der Waals surface area contributed by atoms with Crippen LogP contribution >= 0.6 is 0 Å². The second kappa shape index (κ2) is 8.84. The number of benzene rings is 3. The largest absolute Gasteiger partial charge is 0.573 e. The van der Waals surface area contributed by atoms with Gasteiger partial charge < -0.3 is 4.74 Å². The first kappa shape index (κ1) is 19.8. The fraction of sp³-hybridized carbons (Fsp3) is 0.250. The van der Waals surface area contributed by atoms with E-state index in [1.807, 2.05) is 18.2 Å². The van der Waals surface area contributed by atoms with Crippen molar-refractivity contribution in [3.63, 3.8) is 0 Å². The van der Waals surface area contributed by atoms with Gasteiger partial charge in [-0.1, -0.05) is 55.9 Å². The zero-order valence-corrected chi connectivity index (χ0v) is 15.6. The van der Waals surface area contributed by atoms with E-state index in [0.29, 0.717) is 5.39 Å². The van der Waals surface area contributed by atoms with E-state index in [2.05, 4.69) is 35.6 Å². The lowest BCUT2D eigenvalue weighted by atomic mass is 10.0. The monoisotopic (exact) mass is 382 g/mol. The maximum absolute atomic E-state index is 12.3. The molecule has 0 amide bonds. The Kier molecular flexibility index (Phi) is 6.26. The van der Waals surface area contributed by atoms with Gasteiger partial charge in [-0.05, 0) is 65.6 Å². The predicted octanol–water partition coefficient (Wildman–Crippen LogP) is 6.87. The molecule has 144 valence electrons. The highest BCUT2D eigenvalue weighted by Crippen LogP contribution is 2.27. The number of hydrogen-bond donors (Lipinski definition) is 0. The molecule has 3 aromatic rings. The Labute approximate surface area is 163 Å². The van der Waals surface area contributed by atoms with Gasteiger partial charge in [0.1, 0.15) is 5.75 Å². The van der Waals surface area contributed by atoms with E-state index in [1.54, 1.807) is 18.2 Å². The van der Waals surface area contributed by atoms with Crippen molar-refractivity contribution in [2.45, 2.75) is 39.0 Å². The standard InChI is InChI=1S/C24H21F3O/c1-2-3-4-5-18-6-8-19(9-7-18)10-11-20-12-13-22-17-23(28-24(25,26)27)15-14-21(22)16-20/h6-9,12-17H,2-5H2,1H3. The molecule has 0 unspecified atom stereocenters. The van der Waals surface area contributed by atoms with Crippen LogP contribution in [0.15, 0.2) is 60.7 Å². The number of fused-ring (bicyclic) bond motifs is 1. The molecule has 0 aliphatic heterocycles. The average Bonchev–Trinajstić information content (AvgIpc) is 2.66. The summed E-state index contributed by atoms with van der Waals surface area (Å²) in [5.41, 5.74) is 3.07. The van der Waals surface area contributed by atoms with Gasteiger partial charge in [-0.15, -0.1) is 13.2 Å². The quantitative estimate of drug-likeness (QED) is 0.346. The summed E-state index contributed by atoms with van der Waals surface area (Å²) in [6, 6.07) is 18.0. The van der Waals surface area contributed by atoms with Crippen LogP contribution in [0.2, 0.25) is 0 Å². The van der Waals surface area contributed by atoms with Crippen LogP contribution in [0.4, 0.5) is 13.2 Å². The van der Waals surface area contributed by atoms with Crippen molar-refractivity contribution in [3.05, 3.63) is 77.4 Å². The van der Waals surface area contributed by atoms with E-state index in [-0.39, 0.29) is 5.75 Å². The van der Waals surface area contributed by atoms with Crippen molar-refractivity contribution in [1.29, 1.82) is 0 Å². The number of rotatable bonds is 5. The summed E-state index contributed by atoms with van der Waals surface area (Å²) in [5, 5.41) is 1.48. The van der Waals surface area contributed by atoms with Crippen LogP contribution in [0.3, 0.4) is 0 Å². The van der Waals surface area contributed by atoms with Gasteiger partial charge in [0.15, 0.2) is 0 Å². The molecule has 0 aliphatic rings. The highest BCUT2D eigenvalue weighted by molar-refractivity contribution is 5.85. The molecule has 0 spiro atoms. The molecule has 0 bridgehead atoms. The summed E-state index contributed by atoms with van der Waals surface area (Å²) in [6.07, 6.45) is 0.0601. The van der Waals surface area contributed by atoms with Crippen molar-refractivity contribution in [3.8, 4) is 17.6 Å². The smallest absolute Gasteiger partial charge is 0.406 e. The van der Waals surface area contributed by atoms with E-state index in [9.17, 15) is 13.2 Å². The Morgan fingerprint density at radius 3 is 2.14 bits per heavy atom. The topological polar surface area (TPSA) is 9.23 Å². The molecule has 28 heavy (non-hydrogen) atoms. The highest BCUT2D eigenvalue weighted by Gasteiger charge is 2.31. The van der Waals surface area contributed by atoms with Crippen molar-refractivity contribution >= 4 is 10.8 Å². The number of halogens is 3. The Hall–Kier alpha value is -2.93. The molecule has 1 nitrogen and oxygen atoms in total. The number of hydrogen-bond acceptors (Lipinski definition) is 1. The van der Waals surface area contributed by atoms with Gasteiger partial charge in [0.2, 0.25) is 0 Å². The number of aryl methyl sites for hydroxylation is 1. The number of ether oxygens (including phenoxy) is 1. The lowest BCUT2D eigenvalue weighted by molar-refractivity contribution is -0.274. The van der Waals surface area contributed by atoms with E-state index < -0.39 is 6.36 Å². The van der Waals surface area contributed by atoms with Gasteiger partial charge in [0, 0.05) is 11.1 Å². The first-order valence-electron chi connectivity index (χ1n) is 9.33. The third-order valence-electron chi connectivity index (χ3n) is 4.42. The second-order valence-corrected chi connectivity index (χ2v) is 6.68. The summed E-state index contributed by atoms with van der Waals surface area (Å²) in [7, 11) is 0. The SMILES string of the molecule is CCCCCc1ccc(C#Cc2ccc3cc(OC(F)(F)F)ccc3c2)cc1. The maximum Gasteiger partial charge on any atom is 0.573 e. The number of alkyl halides is 3. The van der Waals surface area contributed by atoms with E-state index in [0.717, 1.165) is 22.9 Å². The van der Waals surface area contributed by atoms with E-state index >= 15 is 0 Å². The van der Waals surface area contributed by atoms with Gasteiger partial charge in [-0.2, -0.15) is 0 Å². The van der Waals surface area contributed by atoms with Crippen LogP contribution < -0.4 is 4.74 Å². The molecule has 0 aromatic heterocycles. The fourth-order valence-electron chi connectivity index (χ4n) is 2.98. The molecule has 0 atom stereocenters. The molecule has 0 heterocycles. The van der Waals surface area contributed by atoms with Crippen LogP contribution in [-0.2, 0) is 6.42 Å². The molecule has 0 radical (unpaired) electrons. The molecule has 4 heteroatoms. The molecular formula is C24H21F3O. The Morgan fingerprint density at radius 1 is 0.786 bits per heavy atom. The Balaban J connectivity index is 1.72. The zero-order chi connectivity index (χ0) is 20.0. The lowest BCUT2D eigenvalue weighted by Crippen LogP contribution is -2.16. The minimum Gasteiger partial charge on any atom is -0.406 e. The van der Waals surface area contributed by atoms with Gasteiger partial charge in [-0.3, -0.25) is 0 Å². The van der Waals surface area contributed by atoms with Crippen molar-refractivity contribution in [1.82, 2.24) is 0 Å². The first-order valence-corrected chi connectivity index (χ1v) is 9.33. The summed E-state index contributed by atoms with van der Waals surface area (Å²) in [6.45, 7) is 2.20. The Bertz CT molecular complexity index is 992. The molecule has 0 saturated carbocycles. The van der Waals surface area contributed by atoms with Crippen LogP contribution in [0.25, 0.3) is 10.8 Å². The van der Waals surface area contributed by atoms with Gasteiger partial charge >= 0.3 is 6.36 Å². The van der Waals surface area contributed by atoms with Crippen LogP contribution in [-0.4, -0.2) is 6.36 Å². The Morgan fingerprint density at radius 2 is 1.43 bits per heavy atom. The van der Waals surface area contributed by atoms with Crippen molar-refractivity contribution in [2.24, 2.45) is 0 Å². The van der Waals surface area contributed by atoms with Gasteiger partial charge in [-0.25, -0.2) is 0 Å². The molecular weight excluding hydrogens is 361 g/mol. The normalized spacial score (nSPS) is 11.1. The fourth-order valence-corrected chi connectivity index (χ4v) is 2.98. The molecule has 0 saturated heterocycles. The third kappa shape index (κ3) is 5.79. The van der Waals surface area contributed by atoms with Gasteiger partial charge in [0.25, 0.3) is 0 Å².